The first-order valence-electron chi connectivity index (χ1n) is 10.9. The van der Waals surface area contributed by atoms with Crippen molar-refractivity contribution < 1.29 is 14.3 Å². The van der Waals surface area contributed by atoms with Gasteiger partial charge in [-0.25, -0.2) is 0 Å². The van der Waals surface area contributed by atoms with Gasteiger partial charge in [0.15, 0.2) is 12.4 Å². The smallest absolute Gasteiger partial charge is 0.261 e. The molecule has 0 unspecified atom stereocenters. The maximum absolute atomic E-state index is 13.3. The molecule has 1 aliphatic carbocycles. The number of nitrogens with zero attached hydrogens (tertiary/aromatic N) is 2. The van der Waals surface area contributed by atoms with Crippen LogP contribution in [-0.4, -0.2) is 41.6 Å². The molecule has 2 aromatic rings. The number of H-pyrrole nitrogens is 1. The Morgan fingerprint density at radius 3 is 2.45 bits per heavy atom. The quantitative estimate of drug-likeness (QED) is 0.657. The van der Waals surface area contributed by atoms with E-state index in [9.17, 15) is 9.59 Å². The predicted octanol–water partition coefficient (Wildman–Crippen LogP) is 4.27. The van der Waals surface area contributed by atoms with Crippen molar-refractivity contribution in [3.63, 3.8) is 0 Å². The van der Waals surface area contributed by atoms with Crippen molar-refractivity contribution in [1.29, 1.82) is 0 Å². The Hall–Kier alpha value is -2.61. The third-order valence-electron chi connectivity index (χ3n) is 7.19. The molecule has 2 heterocycles. The fraction of sp³-hybridized carbons (Fsp3) is 0.522. The van der Waals surface area contributed by atoms with Crippen molar-refractivity contribution >= 4 is 25.7 Å². The van der Waals surface area contributed by atoms with E-state index in [1.54, 1.807) is 4.90 Å². The summed E-state index contributed by atoms with van der Waals surface area (Å²) in [4.78, 5) is 28.0. The second kappa shape index (κ2) is 7.51. The summed E-state index contributed by atoms with van der Waals surface area (Å²) in [5.74, 6) is 1.20. The van der Waals surface area contributed by atoms with Gasteiger partial charge in [0.25, 0.3) is 5.91 Å². The van der Waals surface area contributed by atoms with E-state index in [4.69, 9.17) is 4.74 Å². The largest absolute Gasteiger partial charge is 0.484 e. The molecule has 0 spiro atoms. The molecule has 1 saturated carbocycles. The first kappa shape index (κ1) is 21.6. The minimum atomic E-state index is -1.68. The first-order valence-corrected chi connectivity index (χ1v) is 14.4. The highest BCUT2D eigenvalue weighted by atomic mass is 28.3. The average Bonchev–Trinajstić information content (AvgIpc) is 3.17. The number of amides is 2. The Morgan fingerprint density at radius 2 is 1.87 bits per heavy atom. The van der Waals surface area contributed by atoms with Gasteiger partial charge in [0.2, 0.25) is 5.91 Å². The molecule has 2 aliphatic rings. The summed E-state index contributed by atoms with van der Waals surface area (Å²) in [7, 11) is -1.68. The molecule has 1 fully saturated rings. The van der Waals surface area contributed by atoms with E-state index in [-0.39, 0.29) is 23.5 Å². The molecule has 166 valence electrons. The van der Waals surface area contributed by atoms with Crippen LogP contribution in [0.4, 0.5) is 5.82 Å². The molecule has 31 heavy (non-hydrogen) atoms. The number of anilines is 1. The zero-order chi connectivity index (χ0) is 22.4. The van der Waals surface area contributed by atoms with Gasteiger partial charge in [-0.15, -0.1) is 0 Å². The molecule has 2 amide bonds. The van der Waals surface area contributed by atoms with E-state index >= 15 is 0 Å². The number of aromatic amines is 1. The second-order valence-electron chi connectivity index (χ2n) is 10.2. The van der Waals surface area contributed by atoms with E-state index in [2.05, 4.69) is 35.2 Å². The summed E-state index contributed by atoms with van der Waals surface area (Å²) in [5.41, 5.74) is 1.19. The van der Waals surface area contributed by atoms with Crippen LogP contribution >= 0.6 is 0 Å². The molecule has 0 atom stereocenters. The van der Waals surface area contributed by atoms with Gasteiger partial charge >= 0.3 is 0 Å². The number of rotatable bonds is 6. The van der Waals surface area contributed by atoms with Crippen LogP contribution in [-0.2, 0) is 21.7 Å². The maximum atomic E-state index is 13.3. The third kappa shape index (κ3) is 3.56. The van der Waals surface area contributed by atoms with Crippen molar-refractivity contribution in [2.45, 2.75) is 69.9 Å². The van der Waals surface area contributed by atoms with E-state index in [1.807, 2.05) is 44.2 Å². The highest BCUT2D eigenvalue weighted by molar-refractivity contribution is 6.83. The van der Waals surface area contributed by atoms with Crippen LogP contribution < -0.4 is 10.1 Å². The van der Waals surface area contributed by atoms with Gasteiger partial charge in [-0.1, -0.05) is 44.3 Å². The Labute approximate surface area is 184 Å². The molecular weight excluding hydrogens is 408 g/mol. The molecule has 1 aromatic carbocycles. The summed E-state index contributed by atoms with van der Waals surface area (Å²) in [6.45, 7) is 11.1. The van der Waals surface area contributed by atoms with Crippen LogP contribution in [0.2, 0.25) is 24.7 Å². The van der Waals surface area contributed by atoms with Gasteiger partial charge in [0, 0.05) is 10.6 Å². The monoisotopic (exact) mass is 440 g/mol. The van der Waals surface area contributed by atoms with Crippen LogP contribution in [0.15, 0.2) is 30.3 Å². The fourth-order valence-corrected chi connectivity index (χ4v) is 7.43. The summed E-state index contributed by atoms with van der Waals surface area (Å²) < 4.78 is 5.67. The number of nitrogens with one attached hydrogen (secondary N) is 2. The molecule has 0 bridgehead atoms. The zero-order valence-corrected chi connectivity index (χ0v) is 20.0. The lowest BCUT2D eigenvalue weighted by Crippen LogP contribution is -2.52. The Bertz CT molecular complexity index is 990. The van der Waals surface area contributed by atoms with Crippen LogP contribution in [0.1, 0.15) is 44.4 Å². The van der Waals surface area contributed by atoms with Crippen LogP contribution in [0, 0.1) is 0 Å². The molecule has 8 heteroatoms. The number of ether oxygens (including phenoxy) is 1. The molecule has 0 radical (unpaired) electrons. The number of hydrogen-bond donors (Lipinski definition) is 2. The van der Waals surface area contributed by atoms with Crippen molar-refractivity contribution in [3.05, 3.63) is 41.6 Å². The van der Waals surface area contributed by atoms with Crippen LogP contribution in [0.25, 0.3) is 0 Å². The van der Waals surface area contributed by atoms with Crippen molar-refractivity contribution in [2.75, 3.05) is 11.9 Å². The van der Waals surface area contributed by atoms with E-state index in [1.165, 1.54) is 0 Å². The van der Waals surface area contributed by atoms with E-state index in [0.29, 0.717) is 18.1 Å². The highest BCUT2D eigenvalue weighted by Gasteiger charge is 2.54. The Kier molecular flexibility index (Phi) is 5.24. The first-order chi connectivity index (χ1) is 14.6. The lowest BCUT2D eigenvalue weighted by atomic mass is 9.83. The topological polar surface area (TPSA) is 87.3 Å². The molecule has 7 nitrogen and oxygen atoms in total. The molecule has 1 aromatic heterocycles. The summed E-state index contributed by atoms with van der Waals surface area (Å²) in [5, 5.41) is 10.4. The lowest BCUT2D eigenvalue weighted by Gasteiger charge is -2.48. The van der Waals surface area contributed by atoms with Crippen LogP contribution in [0.5, 0.6) is 5.75 Å². The van der Waals surface area contributed by atoms with Gasteiger partial charge in [0.1, 0.15) is 5.75 Å². The lowest BCUT2D eigenvalue weighted by molar-refractivity contribution is -0.138. The molecule has 1 aliphatic heterocycles. The summed E-state index contributed by atoms with van der Waals surface area (Å²) in [6.07, 6.45) is 3.01. The Balaban J connectivity index is 1.49. The standard InChI is InChI=1S/C23H32N4O3Si/c1-22(2)19-17(14-27(22)18(28)15-30-16-10-7-6-8-11-16)20(26-25-19)24-21(29)23(12-9-13-23)31(3,4)5/h6-8,10-11H,9,12-15H2,1-5H3,(H2,24,25,26,29). The zero-order valence-electron chi connectivity index (χ0n) is 19.0. The molecule has 2 N–H and O–H groups in total. The number of fused-ring (bicyclic) bond motifs is 1. The second-order valence-corrected chi connectivity index (χ2v) is 15.7. The summed E-state index contributed by atoms with van der Waals surface area (Å²) in [6, 6.07) is 9.32. The van der Waals surface area contributed by atoms with Crippen molar-refractivity contribution in [1.82, 2.24) is 15.1 Å². The number of carbonyl (C=O) groups excluding carboxylic acids is 2. The maximum Gasteiger partial charge on any atom is 0.261 e. The van der Waals surface area contributed by atoms with Gasteiger partial charge in [-0.3, -0.25) is 14.7 Å². The predicted molar refractivity (Wildman–Crippen MR) is 123 cm³/mol. The van der Waals surface area contributed by atoms with Gasteiger partial charge in [0.05, 0.1) is 25.9 Å². The normalized spacial score (nSPS) is 18.8. The van der Waals surface area contributed by atoms with E-state index in [0.717, 1.165) is 30.5 Å². The SMILES string of the molecule is CC1(C)c2[nH]nc(NC(=O)C3([Si](C)(C)C)CCC3)c2CN1C(=O)COc1ccccc1. The van der Waals surface area contributed by atoms with Gasteiger partial charge in [-0.2, -0.15) is 5.10 Å². The molecule has 4 rings (SSSR count). The number of aromatic nitrogens is 2. The average molecular weight is 441 g/mol. The number of hydrogen-bond acceptors (Lipinski definition) is 4. The number of carbonyl (C=O) groups is 2. The van der Waals surface area contributed by atoms with Crippen LogP contribution in [0.3, 0.4) is 0 Å². The van der Waals surface area contributed by atoms with Crippen molar-refractivity contribution in [2.24, 2.45) is 0 Å². The fourth-order valence-electron chi connectivity index (χ4n) is 4.83. The number of benzene rings is 1. The number of para-hydroxylation sites is 1. The minimum Gasteiger partial charge on any atom is -0.484 e. The Morgan fingerprint density at radius 1 is 1.19 bits per heavy atom. The molecule has 0 saturated heterocycles. The van der Waals surface area contributed by atoms with Gasteiger partial charge < -0.3 is 15.0 Å². The third-order valence-corrected chi connectivity index (χ3v) is 10.8. The van der Waals surface area contributed by atoms with Crippen molar-refractivity contribution in [3.8, 4) is 5.75 Å². The minimum absolute atomic E-state index is 0.0361. The van der Waals surface area contributed by atoms with E-state index < -0.39 is 13.6 Å². The summed E-state index contributed by atoms with van der Waals surface area (Å²) >= 11 is 0. The molecular formula is C23H32N4O3Si. The van der Waals surface area contributed by atoms with Gasteiger partial charge in [-0.05, 0) is 38.8 Å². The highest BCUT2D eigenvalue weighted by Crippen LogP contribution is 2.56.